The van der Waals surface area contributed by atoms with Crippen molar-refractivity contribution in [2.75, 3.05) is 11.5 Å². The van der Waals surface area contributed by atoms with Gasteiger partial charge >= 0.3 is 0 Å². The van der Waals surface area contributed by atoms with Gasteiger partial charge in [0.2, 0.25) is 0 Å². The van der Waals surface area contributed by atoms with Gasteiger partial charge in [0.15, 0.2) is 9.84 Å². The summed E-state index contributed by atoms with van der Waals surface area (Å²) in [4.78, 5) is 1.04. The van der Waals surface area contributed by atoms with Crippen LogP contribution in [0.5, 0.6) is 0 Å². The Hall–Kier alpha value is -1.48. The summed E-state index contributed by atoms with van der Waals surface area (Å²) in [5.74, 6) is 0.403. The van der Waals surface area contributed by atoms with E-state index in [9.17, 15) is 8.42 Å². The lowest BCUT2D eigenvalue weighted by Gasteiger charge is -2.06. The average Bonchev–Trinajstić information content (AvgIpc) is 2.49. The van der Waals surface area contributed by atoms with Crippen LogP contribution >= 0.6 is 23.4 Å². The third-order valence-electron chi connectivity index (χ3n) is 2.77. The number of thioether (sulfide) groups is 1. The van der Waals surface area contributed by atoms with Gasteiger partial charge in [-0.2, -0.15) is 5.26 Å². The summed E-state index contributed by atoms with van der Waals surface area (Å²) in [5, 5.41) is 9.44. The van der Waals surface area contributed by atoms with Crippen LogP contribution in [-0.4, -0.2) is 19.9 Å². The van der Waals surface area contributed by atoms with Crippen LogP contribution in [0.4, 0.5) is 0 Å². The minimum absolute atomic E-state index is 0.00221. The molecule has 108 valence electrons. The van der Waals surface area contributed by atoms with Crippen molar-refractivity contribution >= 4 is 33.2 Å². The molecule has 0 saturated carbocycles. The maximum absolute atomic E-state index is 12.2. The van der Waals surface area contributed by atoms with Crippen molar-refractivity contribution in [3.05, 3.63) is 59.1 Å². The molecule has 0 radical (unpaired) electrons. The van der Waals surface area contributed by atoms with Crippen LogP contribution in [-0.2, 0) is 9.84 Å². The highest BCUT2D eigenvalue weighted by Crippen LogP contribution is 2.27. The summed E-state index contributed by atoms with van der Waals surface area (Å²) in [7, 11) is -3.39. The Bertz CT molecular complexity index is 782. The zero-order chi connectivity index (χ0) is 15.3. The van der Waals surface area contributed by atoms with E-state index in [1.54, 1.807) is 18.2 Å². The molecule has 0 saturated heterocycles. The van der Waals surface area contributed by atoms with Crippen molar-refractivity contribution < 1.29 is 8.42 Å². The summed E-state index contributed by atoms with van der Waals surface area (Å²) in [6.07, 6.45) is 0. The maximum Gasteiger partial charge on any atom is 0.179 e. The summed E-state index contributed by atoms with van der Waals surface area (Å²) in [6.45, 7) is 0. The molecule has 6 heteroatoms. The first-order chi connectivity index (χ1) is 10.0. The van der Waals surface area contributed by atoms with Crippen LogP contribution in [0.2, 0.25) is 5.02 Å². The lowest BCUT2D eigenvalue weighted by Crippen LogP contribution is -2.09. The fraction of sp³-hybridized carbons (Fsp3) is 0.133. The Kier molecular flexibility index (Phi) is 5.29. The summed E-state index contributed by atoms with van der Waals surface area (Å²) in [6, 6.07) is 15.3. The first-order valence-electron chi connectivity index (χ1n) is 6.13. The van der Waals surface area contributed by atoms with Crippen LogP contribution in [0, 0.1) is 11.3 Å². The molecule has 0 heterocycles. The van der Waals surface area contributed by atoms with E-state index in [1.165, 1.54) is 23.9 Å². The monoisotopic (exact) mass is 337 g/mol. The van der Waals surface area contributed by atoms with Crippen LogP contribution in [0.25, 0.3) is 0 Å². The highest BCUT2D eigenvalue weighted by molar-refractivity contribution is 8.00. The molecular weight excluding hydrogens is 326 g/mol. The summed E-state index contributed by atoms with van der Waals surface area (Å²) < 4.78 is 24.4. The minimum Gasteiger partial charge on any atom is -0.224 e. The van der Waals surface area contributed by atoms with E-state index in [1.807, 2.05) is 24.3 Å². The SMILES string of the molecule is N#Cc1cccc(S(=O)(=O)CCSc2ccccc2Cl)c1. The summed E-state index contributed by atoms with van der Waals surface area (Å²) >= 11 is 7.43. The first-order valence-corrected chi connectivity index (χ1v) is 9.15. The molecule has 0 aliphatic carbocycles. The van der Waals surface area contributed by atoms with Crippen molar-refractivity contribution in [1.82, 2.24) is 0 Å². The zero-order valence-corrected chi connectivity index (χ0v) is 13.4. The minimum atomic E-state index is -3.39. The molecule has 0 atom stereocenters. The lowest BCUT2D eigenvalue weighted by atomic mass is 10.2. The average molecular weight is 338 g/mol. The molecule has 0 amide bonds. The van der Waals surface area contributed by atoms with Gasteiger partial charge in [0, 0.05) is 10.6 Å². The van der Waals surface area contributed by atoms with E-state index in [4.69, 9.17) is 16.9 Å². The van der Waals surface area contributed by atoms with Crippen molar-refractivity contribution in [3.63, 3.8) is 0 Å². The standard InChI is InChI=1S/C15H12ClNO2S2/c16-14-6-1-2-7-15(14)20-8-9-21(18,19)13-5-3-4-12(10-13)11-17/h1-7,10H,8-9H2. The topological polar surface area (TPSA) is 57.9 Å². The van der Waals surface area contributed by atoms with Gasteiger partial charge in [0.25, 0.3) is 0 Å². The van der Waals surface area contributed by atoms with E-state index >= 15 is 0 Å². The Morgan fingerprint density at radius 1 is 1.14 bits per heavy atom. The van der Waals surface area contributed by atoms with Crippen LogP contribution in [0.1, 0.15) is 5.56 Å². The number of hydrogen-bond donors (Lipinski definition) is 0. The zero-order valence-electron chi connectivity index (χ0n) is 11.0. The van der Waals surface area contributed by atoms with Gasteiger partial charge in [-0.1, -0.05) is 29.8 Å². The third kappa shape index (κ3) is 4.24. The van der Waals surface area contributed by atoms with Crippen LogP contribution in [0.15, 0.2) is 58.3 Å². The fourth-order valence-electron chi connectivity index (χ4n) is 1.70. The van der Waals surface area contributed by atoms with E-state index in [0.717, 1.165) is 4.90 Å². The number of sulfone groups is 1. The number of hydrogen-bond acceptors (Lipinski definition) is 4. The second-order valence-corrected chi connectivity index (χ2v) is 7.89. The smallest absolute Gasteiger partial charge is 0.179 e. The number of benzene rings is 2. The number of rotatable bonds is 5. The third-order valence-corrected chi connectivity index (χ3v) is 6.26. The van der Waals surface area contributed by atoms with Gasteiger partial charge in [-0.15, -0.1) is 11.8 Å². The van der Waals surface area contributed by atoms with Gasteiger partial charge in [0.05, 0.1) is 27.3 Å². The summed E-state index contributed by atoms with van der Waals surface area (Å²) in [5.41, 5.74) is 0.342. The molecule has 0 bridgehead atoms. The van der Waals surface area contributed by atoms with Crippen molar-refractivity contribution in [3.8, 4) is 6.07 Å². The Balaban J connectivity index is 2.05. The molecule has 0 aromatic heterocycles. The number of nitriles is 1. The Morgan fingerprint density at radius 2 is 1.90 bits per heavy atom. The predicted molar refractivity (Wildman–Crippen MR) is 85.4 cm³/mol. The van der Waals surface area contributed by atoms with Crippen molar-refractivity contribution in [2.24, 2.45) is 0 Å². The Labute approximate surface area is 133 Å². The molecule has 0 fully saturated rings. The molecule has 0 spiro atoms. The fourth-order valence-corrected chi connectivity index (χ4v) is 4.64. The molecule has 2 rings (SSSR count). The van der Waals surface area contributed by atoms with Crippen molar-refractivity contribution in [2.45, 2.75) is 9.79 Å². The molecule has 0 aliphatic heterocycles. The molecule has 0 unspecified atom stereocenters. The normalized spacial score (nSPS) is 11.0. The molecule has 2 aromatic carbocycles. The molecule has 21 heavy (non-hydrogen) atoms. The van der Waals surface area contributed by atoms with E-state index < -0.39 is 9.84 Å². The van der Waals surface area contributed by atoms with Gasteiger partial charge in [-0.3, -0.25) is 0 Å². The van der Waals surface area contributed by atoms with Gasteiger partial charge < -0.3 is 0 Å². The van der Waals surface area contributed by atoms with E-state index in [0.29, 0.717) is 16.3 Å². The quantitative estimate of drug-likeness (QED) is 0.779. The van der Waals surface area contributed by atoms with E-state index in [2.05, 4.69) is 0 Å². The maximum atomic E-state index is 12.2. The second kappa shape index (κ2) is 6.99. The Morgan fingerprint density at radius 3 is 2.62 bits per heavy atom. The highest BCUT2D eigenvalue weighted by atomic mass is 35.5. The van der Waals surface area contributed by atoms with Crippen LogP contribution < -0.4 is 0 Å². The van der Waals surface area contributed by atoms with Gasteiger partial charge in [-0.05, 0) is 30.3 Å². The van der Waals surface area contributed by atoms with Gasteiger partial charge in [0.1, 0.15) is 0 Å². The van der Waals surface area contributed by atoms with E-state index in [-0.39, 0.29) is 10.6 Å². The molecule has 3 nitrogen and oxygen atoms in total. The highest BCUT2D eigenvalue weighted by Gasteiger charge is 2.15. The molecule has 0 aliphatic rings. The van der Waals surface area contributed by atoms with Crippen molar-refractivity contribution in [1.29, 1.82) is 5.26 Å². The predicted octanol–water partition coefficient (Wildman–Crippen LogP) is 3.78. The first kappa shape index (κ1) is 15.9. The number of halogens is 1. The molecule has 0 N–H and O–H groups in total. The van der Waals surface area contributed by atoms with Crippen LogP contribution in [0.3, 0.4) is 0 Å². The molecule has 2 aromatic rings. The number of nitrogens with zero attached hydrogens (tertiary/aromatic N) is 1. The second-order valence-electron chi connectivity index (χ2n) is 4.24. The molecular formula is C15H12ClNO2S2. The largest absolute Gasteiger partial charge is 0.224 e. The lowest BCUT2D eigenvalue weighted by molar-refractivity contribution is 0.597. The van der Waals surface area contributed by atoms with Gasteiger partial charge in [-0.25, -0.2) is 8.42 Å².